The number of carbonyl (C=O) groups excluding carboxylic acids is 2. The van der Waals surface area contributed by atoms with Gasteiger partial charge in [-0.05, 0) is 78.4 Å². The summed E-state index contributed by atoms with van der Waals surface area (Å²) in [4.78, 5) is 34.8. The molecule has 0 bridgehead atoms. The summed E-state index contributed by atoms with van der Waals surface area (Å²) in [6.45, 7) is -0.113. The van der Waals surface area contributed by atoms with E-state index in [2.05, 4.69) is 4.98 Å². The minimum absolute atomic E-state index is 0.0429. The van der Waals surface area contributed by atoms with Crippen molar-refractivity contribution < 1.29 is 36.0 Å². The molecule has 2 heterocycles. The molecule has 41 heavy (non-hydrogen) atoms. The first-order valence-electron chi connectivity index (χ1n) is 12.4. The smallest absolute Gasteiger partial charge is 0.326 e. The zero-order valence-electron chi connectivity index (χ0n) is 21.4. The van der Waals surface area contributed by atoms with E-state index in [9.17, 15) is 26.4 Å². The number of sulfonamides is 2. The third kappa shape index (κ3) is 6.14. The molecule has 14 heteroatoms. The summed E-state index contributed by atoms with van der Waals surface area (Å²) in [6, 6.07) is 18.7. The number of unbranched alkanes of at least 4 members (excludes halogenated alkanes) is 1. The van der Waals surface area contributed by atoms with Crippen molar-refractivity contribution in [2.45, 2.75) is 29.1 Å². The number of fused-ring (bicyclic) bond motifs is 1. The molecule has 0 atom stereocenters. The first kappa shape index (κ1) is 28.0. The zero-order valence-corrected chi connectivity index (χ0v) is 23.0. The van der Waals surface area contributed by atoms with Crippen molar-refractivity contribution in [2.24, 2.45) is 0 Å². The van der Waals surface area contributed by atoms with Crippen LogP contribution < -0.4 is 9.62 Å². The highest BCUT2D eigenvalue weighted by Crippen LogP contribution is 2.30. The molecule has 1 amide bonds. The molecule has 1 aliphatic rings. The van der Waals surface area contributed by atoms with Gasteiger partial charge in [-0.25, -0.2) is 26.1 Å². The van der Waals surface area contributed by atoms with Crippen molar-refractivity contribution in [3.63, 3.8) is 0 Å². The maximum Gasteiger partial charge on any atom is 0.326 e. The van der Waals surface area contributed by atoms with E-state index in [1.54, 1.807) is 35.6 Å². The molecule has 3 aromatic carbocycles. The molecule has 0 fully saturated rings. The predicted molar refractivity (Wildman–Crippen MR) is 145 cm³/mol. The van der Waals surface area contributed by atoms with E-state index in [-0.39, 0.29) is 41.2 Å². The molecule has 4 aromatic rings. The highest BCUT2D eigenvalue weighted by atomic mass is 32.2. The van der Waals surface area contributed by atoms with Crippen LogP contribution in [0.2, 0.25) is 0 Å². The summed E-state index contributed by atoms with van der Waals surface area (Å²) < 4.78 is 58.6. The van der Waals surface area contributed by atoms with Gasteiger partial charge in [0, 0.05) is 31.0 Å². The third-order valence-electron chi connectivity index (χ3n) is 6.18. The summed E-state index contributed by atoms with van der Waals surface area (Å²) >= 11 is 0. The third-order valence-corrected chi connectivity index (χ3v) is 9.21. The fourth-order valence-electron chi connectivity index (χ4n) is 4.10. The van der Waals surface area contributed by atoms with E-state index in [0.717, 1.165) is 9.99 Å². The fourth-order valence-corrected chi connectivity index (χ4v) is 6.50. The van der Waals surface area contributed by atoms with Gasteiger partial charge < -0.3 is 14.1 Å². The Morgan fingerprint density at radius 1 is 0.927 bits per heavy atom. The number of amides is 1. The first-order chi connectivity index (χ1) is 19.6. The molecule has 0 spiro atoms. The topological polar surface area (TPSA) is 154 Å². The number of nitrogens with one attached hydrogen (secondary N) is 1. The standard InChI is InChI=1S/C27H24N4O8S2/c32-26(7-3-4-17-31-27(33)24-5-1-2-6-25(24)41(31,36)37)39-29-40(34,35)23-14-12-22(13-15-23)38-21-10-8-20(9-11-21)30-18-16-28-19-30/h1-2,5-6,8-16,18-19,29H,3-4,7,17H2. The minimum atomic E-state index is -4.16. The number of hydrogen-bond donors (Lipinski definition) is 1. The molecular weight excluding hydrogens is 572 g/mol. The van der Waals surface area contributed by atoms with Gasteiger partial charge in [0.2, 0.25) is 0 Å². The number of hydrogen-bond acceptors (Lipinski definition) is 9. The average molecular weight is 597 g/mol. The Balaban J connectivity index is 1.07. The summed E-state index contributed by atoms with van der Waals surface area (Å²) in [5, 5.41) is 0. The van der Waals surface area contributed by atoms with Crippen LogP contribution >= 0.6 is 0 Å². The van der Waals surface area contributed by atoms with Crippen LogP contribution in [0.1, 0.15) is 29.6 Å². The predicted octanol–water partition coefficient (Wildman–Crippen LogP) is 3.42. The van der Waals surface area contributed by atoms with Crippen molar-refractivity contribution in [1.29, 1.82) is 0 Å². The Hall–Kier alpha value is -4.53. The molecule has 1 N–H and O–H groups in total. The second-order valence-corrected chi connectivity index (χ2v) is 12.4. The Morgan fingerprint density at radius 2 is 1.61 bits per heavy atom. The number of imidazole rings is 1. The van der Waals surface area contributed by atoms with Gasteiger partial charge in [0.1, 0.15) is 16.4 Å². The molecule has 1 aliphatic heterocycles. The van der Waals surface area contributed by atoms with Crippen LogP contribution in [0, 0.1) is 0 Å². The maximum atomic E-state index is 12.6. The lowest BCUT2D eigenvalue weighted by Gasteiger charge is -2.14. The van der Waals surface area contributed by atoms with Gasteiger partial charge in [-0.3, -0.25) is 9.59 Å². The average Bonchev–Trinajstić information content (AvgIpc) is 3.57. The normalized spacial score (nSPS) is 14.0. The van der Waals surface area contributed by atoms with Gasteiger partial charge in [-0.15, -0.1) is 0 Å². The van der Waals surface area contributed by atoms with Crippen LogP contribution in [0.3, 0.4) is 0 Å². The van der Waals surface area contributed by atoms with Crippen LogP contribution in [0.4, 0.5) is 0 Å². The lowest BCUT2D eigenvalue weighted by Crippen LogP contribution is -2.31. The number of ether oxygens (including phenoxy) is 1. The van der Waals surface area contributed by atoms with Crippen molar-refractivity contribution in [3.8, 4) is 17.2 Å². The van der Waals surface area contributed by atoms with Crippen LogP contribution in [0.25, 0.3) is 5.69 Å². The Bertz CT molecular complexity index is 1770. The maximum absolute atomic E-state index is 12.6. The minimum Gasteiger partial charge on any atom is -0.457 e. The van der Waals surface area contributed by atoms with Gasteiger partial charge in [-0.1, -0.05) is 12.1 Å². The van der Waals surface area contributed by atoms with E-state index >= 15 is 0 Å². The number of benzene rings is 3. The van der Waals surface area contributed by atoms with Crippen molar-refractivity contribution in [1.82, 2.24) is 18.7 Å². The second kappa shape index (κ2) is 11.5. The van der Waals surface area contributed by atoms with Gasteiger partial charge in [-0.2, -0.15) is 0 Å². The molecule has 212 valence electrons. The Labute approximate surface area is 236 Å². The van der Waals surface area contributed by atoms with Crippen LogP contribution in [0.15, 0.2) is 101 Å². The molecular formula is C27H24N4O8S2. The number of nitrogens with zero attached hydrogens (tertiary/aromatic N) is 3. The first-order valence-corrected chi connectivity index (χ1v) is 15.3. The quantitative estimate of drug-likeness (QED) is 0.203. The van der Waals surface area contributed by atoms with Gasteiger partial charge >= 0.3 is 5.97 Å². The molecule has 0 saturated heterocycles. The van der Waals surface area contributed by atoms with E-state index in [0.29, 0.717) is 11.5 Å². The lowest BCUT2D eigenvalue weighted by molar-refractivity contribution is -0.147. The second-order valence-electron chi connectivity index (χ2n) is 8.93. The summed E-state index contributed by atoms with van der Waals surface area (Å²) in [5.41, 5.74) is 1.01. The Kier molecular flexibility index (Phi) is 7.88. The van der Waals surface area contributed by atoms with E-state index < -0.39 is 31.9 Å². The van der Waals surface area contributed by atoms with Gasteiger partial charge in [0.25, 0.3) is 26.0 Å². The number of rotatable bonds is 11. The van der Waals surface area contributed by atoms with Crippen molar-refractivity contribution in [3.05, 3.63) is 97.1 Å². The fraction of sp³-hybridized carbons (Fsp3) is 0.148. The van der Waals surface area contributed by atoms with Gasteiger partial charge in [0.05, 0.1) is 16.8 Å². The molecule has 0 aliphatic carbocycles. The van der Waals surface area contributed by atoms with Crippen LogP contribution in [0.5, 0.6) is 11.5 Å². The SMILES string of the molecule is O=C(CCCCN1C(=O)c2ccccc2S1(=O)=O)ONS(=O)(=O)c1ccc(Oc2ccc(-n3ccnc3)cc2)cc1. The van der Waals surface area contributed by atoms with Crippen LogP contribution in [-0.4, -0.2) is 49.1 Å². The zero-order chi connectivity index (χ0) is 29.0. The molecule has 5 rings (SSSR count). The summed E-state index contributed by atoms with van der Waals surface area (Å²) in [5.74, 6) is -0.520. The van der Waals surface area contributed by atoms with E-state index in [1.165, 1.54) is 42.5 Å². The Morgan fingerprint density at radius 3 is 2.27 bits per heavy atom. The highest BCUT2D eigenvalue weighted by Gasteiger charge is 2.40. The highest BCUT2D eigenvalue weighted by molar-refractivity contribution is 7.90. The summed E-state index contributed by atoms with van der Waals surface area (Å²) in [7, 11) is -8.09. The molecule has 12 nitrogen and oxygen atoms in total. The summed E-state index contributed by atoms with van der Waals surface area (Å²) in [6.07, 6.45) is 5.33. The van der Waals surface area contributed by atoms with Crippen molar-refractivity contribution in [2.75, 3.05) is 6.54 Å². The lowest BCUT2D eigenvalue weighted by atomic mass is 10.2. The van der Waals surface area contributed by atoms with E-state index in [1.807, 2.05) is 22.9 Å². The van der Waals surface area contributed by atoms with Crippen LogP contribution in [-0.2, 0) is 29.7 Å². The molecule has 1 aromatic heterocycles. The number of aromatic nitrogens is 2. The molecule has 0 unspecified atom stereocenters. The molecule has 0 saturated carbocycles. The largest absolute Gasteiger partial charge is 0.457 e. The van der Waals surface area contributed by atoms with E-state index in [4.69, 9.17) is 9.57 Å². The van der Waals surface area contributed by atoms with Crippen molar-refractivity contribution >= 4 is 31.9 Å². The number of carbonyl (C=O) groups is 2. The molecule has 0 radical (unpaired) electrons. The van der Waals surface area contributed by atoms with Gasteiger partial charge in [0.15, 0.2) is 0 Å². The monoisotopic (exact) mass is 596 g/mol.